The van der Waals surface area contributed by atoms with E-state index in [-0.39, 0.29) is 25.4 Å². The Kier molecular flexibility index (Phi) is 8.19. The van der Waals surface area contributed by atoms with Gasteiger partial charge in [-0.15, -0.1) is 0 Å². The molecule has 0 aliphatic heterocycles. The monoisotopic (exact) mass is 352 g/mol. The molecule has 0 saturated heterocycles. The normalized spacial score (nSPS) is 12.4. The minimum atomic E-state index is -0.899. The van der Waals surface area contributed by atoms with Crippen LogP contribution in [0.4, 0.5) is 0 Å². The molecule has 0 spiro atoms. The van der Waals surface area contributed by atoms with Gasteiger partial charge >= 0.3 is 11.9 Å². The van der Waals surface area contributed by atoms with Crippen LogP contribution in [0.25, 0.3) is 5.57 Å². The fourth-order valence-corrected chi connectivity index (χ4v) is 2.22. The molecule has 0 saturated carbocycles. The largest absolute Gasteiger partial charge is 0.465 e. The third-order valence-corrected chi connectivity index (χ3v) is 3.57. The van der Waals surface area contributed by atoms with Gasteiger partial charge in [-0.2, -0.15) is 0 Å². The Morgan fingerprint density at radius 1 is 1.12 bits per heavy atom. The Labute approximate surface area is 146 Å². The van der Waals surface area contributed by atoms with Gasteiger partial charge in [0.15, 0.2) is 0 Å². The van der Waals surface area contributed by atoms with Crippen LogP contribution < -0.4 is 0 Å². The van der Waals surface area contributed by atoms with Gasteiger partial charge in [-0.1, -0.05) is 23.7 Å². The number of ether oxygens (including phenoxy) is 2. The van der Waals surface area contributed by atoms with Crippen LogP contribution in [0, 0.1) is 5.92 Å². The standard InChI is InChI=1S/C18H21ClO5/c1-4-23-18(22)17(12(2)20)11-15(9-10-24-13(3)21)14-5-7-16(19)8-6-14/h5-9,17H,4,10-11H2,1-3H3/b15-9+. The van der Waals surface area contributed by atoms with Crippen LogP contribution >= 0.6 is 11.6 Å². The molecule has 0 N–H and O–H groups in total. The van der Waals surface area contributed by atoms with Gasteiger partial charge in [0, 0.05) is 11.9 Å². The summed E-state index contributed by atoms with van der Waals surface area (Å²) in [5, 5.41) is 0.576. The van der Waals surface area contributed by atoms with E-state index in [1.54, 1.807) is 37.3 Å². The molecule has 0 aliphatic rings. The number of allylic oxidation sites excluding steroid dienone is 1. The summed E-state index contributed by atoms with van der Waals surface area (Å²) in [6, 6.07) is 6.99. The number of hydrogen-bond acceptors (Lipinski definition) is 5. The molecule has 0 aromatic heterocycles. The summed E-state index contributed by atoms with van der Waals surface area (Å²) in [5.74, 6) is -2.14. The molecule has 5 nitrogen and oxygen atoms in total. The Morgan fingerprint density at radius 3 is 2.25 bits per heavy atom. The topological polar surface area (TPSA) is 69.7 Å². The van der Waals surface area contributed by atoms with Crippen LogP contribution in [-0.2, 0) is 23.9 Å². The van der Waals surface area contributed by atoms with Crippen molar-refractivity contribution in [2.75, 3.05) is 13.2 Å². The van der Waals surface area contributed by atoms with Crippen molar-refractivity contribution in [1.29, 1.82) is 0 Å². The fourth-order valence-electron chi connectivity index (χ4n) is 2.10. The lowest BCUT2D eigenvalue weighted by Gasteiger charge is -2.15. The number of carbonyl (C=O) groups excluding carboxylic acids is 3. The summed E-state index contributed by atoms with van der Waals surface area (Å²) in [4.78, 5) is 34.8. The number of ketones is 1. The molecule has 6 heteroatoms. The maximum atomic E-state index is 12.0. The van der Waals surface area contributed by atoms with Crippen LogP contribution in [0.3, 0.4) is 0 Å². The van der Waals surface area contributed by atoms with Crippen LogP contribution in [0.2, 0.25) is 5.02 Å². The second kappa shape index (κ2) is 9.88. The van der Waals surface area contributed by atoms with E-state index in [0.29, 0.717) is 10.6 Å². The summed E-state index contributed by atoms with van der Waals surface area (Å²) in [7, 11) is 0. The van der Waals surface area contributed by atoms with Crippen molar-refractivity contribution in [3.8, 4) is 0 Å². The van der Waals surface area contributed by atoms with Gasteiger partial charge in [0.05, 0.1) is 6.61 Å². The Morgan fingerprint density at radius 2 is 1.75 bits per heavy atom. The summed E-state index contributed by atoms with van der Waals surface area (Å²) < 4.78 is 9.90. The zero-order chi connectivity index (χ0) is 18.1. The zero-order valence-corrected chi connectivity index (χ0v) is 14.8. The lowest BCUT2D eigenvalue weighted by Crippen LogP contribution is -2.24. The third-order valence-electron chi connectivity index (χ3n) is 3.32. The van der Waals surface area contributed by atoms with Crippen molar-refractivity contribution in [3.05, 3.63) is 40.9 Å². The van der Waals surface area contributed by atoms with E-state index < -0.39 is 17.9 Å². The number of Topliss-reactive ketones (excluding diaryl/α,β-unsaturated/α-hetero) is 1. The highest BCUT2D eigenvalue weighted by Crippen LogP contribution is 2.25. The lowest BCUT2D eigenvalue weighted by molar-refractivity contribution is -0.151. The van der Waals surface area contributed by atoms with Gasteiger partial charge in [0.2, 0.25) is 0 Å². The first-order valence-electron chi connectivity index (χ1n) is 7.60. The SMILES string of the molecule is CCOC(=O)C(C/C(=C\COC(C)=O)c1ccc(Cl)cc1)C(C)=O. The quantitative estimate of drug-likeness (QED) is 0.529. The molecule has 1 aromatic carbocycles. The van der Waals surface area contributed by atoms with Gasteiger partial charge in [0.25, 0.3) is 0 Å². The Balaban J connectivity index is 3.06. The molecule has 24 heavy (non-hydrogen) atoms. The van der Waals surface area contributed by atoms with E-state index in [1.165, 1.54) is 13.8 Å². The zero-order valence-electron chi connectivity index (χ0n) is 14.0. The third kappa shape index (κ3) is 6.54. The van der Waals surface area contributed by atoms with Gasteiger partial charge in [-0.25, -0.2) is 0 Å². The van der Waals surface area contributed by atoms with Crippen LogP contribution in [0.15, 0.2) is 30.3 Å². The summed E-state index contributed by atoms with van der Waals surface area (Å²) in [6.45, 7) is 4.61. The van der Waals surface area contributed by atoms with E-state index in [0.717, 1.165) is 5.56 Å². The first-order valence-corrected chi connectivity index (χ1v) is 7.98. The Hall–Kier alpha value is -2.14. The second-order valence-corrected chi connectivity index (χ2v) is 5.59. The van der Waals surface area contributed by atoms with E-state index in [4.69, 9.17) is 21.1 Å². The minimum Gasteiger partial charge on any atom is -0.465 e. The summed E-state index contributed by atoms with van der Waals surface area (Å²) in [6.07, 6.45) is 1.84. The molecule has 0 heterocycles. The minimum absolute atomic E-state index is 0.0563. The van der Waals surface area contributed by atoms with E-state index in [1.807, 2.05) is 0 Å². The molecular formula is C18H21ClO5. The predicted octanol–water partition coefficient (Wildman–Crippen LogP) is 3.44. The second-order valence-electron chi connectivity index (χ2n) is 5.16. The van der Waals surface area contributed by atoms with Crippen molar-refractivity contribution in [2.45, 2.75) is 27.2 Å². The molecule has 0 fully saturated rings. The average molecular weight is 353 g/mol. The Bertz CT molecular complexity index is 619. The smallest absolute Gasteiger partial charge is 0.316 e. The molecule has 1 atom stereocenters. The van der Waals surface area contributed by atoms with Crippen LogP contribution in [-0.4, -0.2) is 30.9 Å². The number of benzene rings is 1. The van der Waals surface area contributed by atoms with E-state index in [2.05, 4.69) is 0 Å². The van der Waals surface area contributed by atoms with Crippen molar-refractivity contribution < 1.29 is 23.9 Å². The lowest BCUT2D eigenvalue weighted by atomic mass is 9.91. The average Bonchev–Trinajstić information content (AvgIpc) is 2.51. The fraction of sp³-hybridized carbons (Fsp3) is 0.389. The van der Waals surface area contributed by atoms with Gasteiger partial charge in [-0.3, -0.25) is 14.4 Å². The van der Waals surface area contributed by atoms with Crippen molar-refractivity contribution >= 4 is 34.9 Å². The molecule has 0 aliphatic carbocycles. The highest BCUT2D eigenvalue weighted by Gasteiger charge is 2.26. The van der Waals surface area contributed by atoms with Gasteiger partial charge < -0.3 is 9.47 Å². The number of halogens is 1. The number of rotatable bonds is 8. The van der Waals surface area contributed by atoms with Crippen molar-refractivity contribution in [1.82, 2.24) is 0 Å². The maximum Gasteiger partial charge on any atom is 0.316 e. The first-order chi connectivity index (χ1) is 11.3. The van der Waals surface area contributed by atoms with E-state index in [9.17, 15) is 14.4 Å². The number of carbonyl (C=O) groups is 3. The molecule has 130 valence electrons. The summed E-state index contributed by atoms with van der Waals surface area (Å²) >= 11 is 5.89. The summed E-state index contributed by atoms with van der Waals surface area (Å²) in [5.41, 5.74) is 1.50. The van der Waals surface area contributed by atoms with Crippen LogP contribution in [0.1, 0.15) is 32.8 Å². The molecule has 1 unspecified atom stereocenters. The molecular weight excluding hydrogens is 332 g/mol. The maximum absolute atomic E-state index is 12.0. The number of hydrogen-bond donors (Lipinski definition) is 0. The van der Waals surface area contributed by atoms with Crippen molar-refractivity contribution in [2.24, 2.45) is 5.92 Å². The predicted molar refractivity (Wildman–Crippen MR) is 91.5 cm³/mol. The molecule has 1 aromatic rings. The van der Waals surface area contributed by atoms with Crippen LogP contribution in [0.5, 0.6) is 0 Å². The molecule has 0 radical (unpaired) electrons. The molecule has 0 amide bonds. The van der Waals surface area contributed by atoms with Gasteiger partial charge in [0.1, 0.15) is 18.3 Å². The number of esters is 2. The highest BCUT2D eigenvalue weighted by molar-refractivity contribution is 6.30. The molecule has 0 bridgehead atoms. The molecule has 1 rings (SSSR count). The van der Waals surface area contributed by atoms with Crippen molar-refractivity contribution in [3.63, 3.8) is 0 Å². The van der Waals surface area contributed by atoms with Gasteiger partial charge in [-0.05, 0) is 49.6 Å². The highest BCUT2D eigenvalue weighted by atomic mass is 35.5. The first kappa shape index (κ1) is 19.9. The van der Waals surface area contributed by atoms with E-state index >= 15 is 0 Å².